The van der Waals surface area contributed by atoms with E-state index >= 15 is 0 Å². The molecule has 0 unspecified atom stereocenters. The molecule has 2 aliphatic heterocycles. The summed E-state index contributed by atoms with van der Waals surface area (Å²) in [6.07, 6.45) is 6.45. The quantitative estimate of drug-likeness (QED) is 0.556. The fourth-order valence-corrected chi connectivity index (χ4v) is 2.57. The largest absolute Gasteiger partial charge is 0.311 e. The normalized spacial score (nSPS) is 36.3. The van der Waals surface area contributed by atoms with Crippen LogP contribution in [0.1, 0.15) is 25.7 Å². The highest BCUT2D eigenvalue weighted by molar-refractivity contribution is 4.68. The first-order valence-electron chi connectivity index (χ1n) is 4.89. The lowest BCUT2D eigenvalue weighted by Gasteiger charge is -2.35. The van der Waals surface area contributed by atoms with E-state index in [-0.39, 0.29) is 0 Å². The summed E-state index contributed by atoms with van der Waals surface area (Å²) in [5.74, 6) is 0. The molecular formula is C9H19N2+. The molecule has 0 aromatic rings. The van der Waals surface area contributed by atoms with Gasteiger partial charge in [0, 0.05) is 25.8 Å². The molecule has 0 amide bonds. The van der Waals surface area contributed by atoms with Crippen molar-refractivity contribution in [2.45, 2.75) is 31.8 Å². The summed E-state index contributed by atoms with van der Waals surface area (Å²) in [5, 5.41) is 3.61. The maximum atomic E-state index is 3.61. The number of likely N-dealkylation sites (tertiary alicyclic amines) is 1. The Bertz CT molecular complexity index is 132. The molecule has 2 heterocycles. The summed E-state index contributed by atoms with van der Waals surface area (Å²) >= 11 is 0. The summed E-state index contributed by atoms with van der Waals surface area (Å²) in [6, 6.07) is 0. The molecule has 2 fully saturated rings. The first-order valence-corrected chi connectivity index (χ1v) is 4.89. The van der Waals surface area contributed by atoms with E-state index in [0.29, 0.717) is 0 Å². The molecule has 0 bridgehead atoms. The van der Waals surface area contributed by atoms with Gasteiger partial charge >= 0.3 is 0 Å². The third-order valence-electron chi connectivity index (χ3n) is 3.37. The maximum Gasteiger partial charge on any atom is 0.142 e. The second-order valence-electron chi connectivity index (χ2n) is 4.25. The second kappa shape index (κ2) is 2.76. The average molecular weight is 155 g/mol. The Morgan fingerprint density at radius 1 is 1.18 bits per heavy atom. The monoisotopic (exact) mass is 155 g/mol. The first-order chi connectivity index (χ1) is 5.31. The summed E-state index contributed by atoms with van der Waals surface area (Å²) < 4.78 is 1.31. The molecule has 2 aliphatic rings. The molecule has 0 aromatic carbocycles. The van der Waals surface area contributed by atoms with Gasteiger partial charge < -0.3 is 4.48 Å². The van der Waals surface area contributed by atoms with Gasteiger partial charge in [-0.25, -0.2) is 0 Å². The van der Waals surface area contributed by atoms with Crippen molar-refractivity contribution >= 4 is 0 Å². The molecule has 0 radical (unpaired) electrons. The molecule has 11 heavy (non-hydrogen) atoms. The third-order valence-corrected chi connectivity index (χ3v) is 3.37. The van der Waals surface area contributed by atoms with Crippen LogP contribution in [0.2, 0.25) is 0 Å². The minimum absolute atomic E-state index is 0.789. The summed E-state index contributed by atoms with van der Waals surface area (Å²) in [4.78, 5) is 0. The van der Waals surface area contributed by atoms with Gasteiger partial charge in [-0.2, -0.15) is 0 Å². The average Bonchev–Trinajstić information content (AvgIpc) is 2.55. The van der Waals surface area contributed by atoms with Crippen molar-refractivity contribution in [2.24, 2.45) is 0 Å². The van der Waals surface area contributed by atoms with Crippen molar-refractivity contribution in [3.63, 3.8) is 0 Å². The predicted molar refractivity (Wildman–Crippen MR) is 46.2 cm³/mol. The van der Waals surface area contributed by atoms with E-state index in [1.165, 1.54) is 49.8 Å². The third kappa shape index (κ3) is 1.30. The van der Waals surface area contributed by atoms with E-state index < -0.39 is 0 Å². The maximum absolute atomic E-state index is 3.61. The zero-order valence-electron chi connectivity index (χ0n) is 7.47. The van der Waals surface area contributed by atoms with Crippen molar-refractivity contribution in [1.82, 2.24) is 5.32 Å². The lowest BCUT2D eigenvalue weighted by atomic mass is 10.3. The fraction of sp³-hybridized carbons (Fsp3) is 1.00. The number of hydrogen-bond donors (Lipinski definition) is 1. The zero-order chi connectivity index (χ0) is 7.73. The highest BCUT2D eigenvalue weighted by Gasteiger charge is 2.36. The molecular weight excluding hydrogens is 136 g/mol. The van der Waals surface area contributed by atoms with Crippen molar-refractivity contribution in [2.75, 3.05) is 26.7 Å². The molecule has 1 N–H and O–H groups in total. The highest BCUT2D eigenvalue weighted by atomic mass is 15.4. The van der Waals surface area contributed by atoms with Crippen LogP contribution in [-0.4, -0.2) is 37.3 Å². The van der Waals surface area contributed by atoms with E-state index in [1.54, 1.807) is 0 Å². The van der Waals surface area contributed by atoms with Crippen LogP contribution in [0.25, 0.3) is 0 Å². The van der Waals surface area contributed by atoms with Crippen molar-refractivity contribution in [1.29, 1.82) is 0 Å². The first kappa shape index (κ1) is 7.56. The predicted octanol–water partition coefficient (Wildman–Crippen LogP) is 0.936. The van der Waals surface area contributed by atoms with Crippen LogP contribution in [0.5, 0.6) is 0 Å². The van der Waals surface area contributed by atoms with Gasteiger partial charge in [-0.1, -0.05) is 0 Å². The van der Waals surface area contributed by atoms with Gasteiger partial charge in [0.25, 0.3) is 0 Å². The highest BCUT2D eigenvalue weighted by Crippen LogP contribution is 2.24. The lowest BCUT2D eigenvalue weighted by molar-refractivity contribution is -0.924. The minimum atomic E-state index is 0.789. The van der Waals surface area contributed by atoms with E-state index in [4.69, 9.17) is 0 Å². The van der Waals surface area contributed by atoms with Crippen molar-refractivity contribution in [3.05, 3.63) is 0 Å². The van der Waals surface area contributed by atoms with Gasteiger partial charge in [-0.3, -0.25) is 5.32 Å². The Labute approximate surface area is 69.2 Å². The van der Waals surface area contributed by atoms with Gasteiger partial charge in [-0.15, -0.1) is 0 Å². The number of nitrogens with zero attached hydrogens (tertiary/aromatic N) is 1. The summed E-state index contributed by atoms with van der Waals surface area (Å²) in [5.41, 5.74) is 0. The van der Waals surface area contributed by atoms with Gasteiger partial charge in [0.2, 0.25) is 0 Å². The summed E-state index contributed by atoms with van der Waals surface area (Å²) in [7, 11) is 2.41. The van der Waals surface area contributed by atoms with E-state index in [0.717, 1.165) is 6.17 Å². The van der Waals surface area contributed by atoms with Crippen LogP contribution < -0.4 is 5.32 Å². The van der Waals surface area contributed by atoms with E-state index in [2.05, 4.69) is 12.4 Å². The fourth-order valence-electron chi connectivity index (χ4n) is 2.57. The van der Waals surface area contributed by atoms with E-state index in [1.807, 2.05) is 0 Å². The smallest absolute Gasteiger partial charge is 0.142 e. The van der Waals surface area contributed by atoms with Crippen LogP contribution >= 0.6 is 0 Å². The van der Waals surface area contributed by atoms with Gasteiger partial charge in [0.1, 0.15) is 6.17 Å². The molecule has 0 aromatic heterocycles. The van der Waals surface area contributed by atoms with Crippen molar-refractivity contribution in [3.8, 4) is 0 Å². The van der Waals surface area contributed by atoms with Gasteiger partial charge in [0.15, 0.2) is 0 Å². The standard InChI is InChI=1S/C9H19N2/c1-11(7-2-3-8-11)9-5-4-6-10-9/h9-10H,2-8H2,1H3/q+1/t9-/m0/s1. The molecule has 0 spiro atoms. The van der Waals surface area contributed by atoms with Crippen LogP contribution in [-0.2, 0) is 0 Å². The lowest BCUT2D eigenvalue weighted by Crippen LogP contribution is -2.54. The molecule has 1 atom stereocenters. The Morgan fingerprint density at radius 3 is 2.45 bits per heavy atom. The zero-order valence-corrected chi connectivity index (χ0v) is 7.47. The Hall–Kier alpha value is -0.0800. The minimum Gasteiger partial charge on any atom is -0.311 e. The van der Waals surface area contributed by atoms with Gasteiger partial charge in [0.05, 0.1) is 20.1 Å². The Kier molecular flexibility index (Phi) is 1.90. The summed E-state index contributed by atoms with van der Waals surface area (Å²) in [6.45, 7) is 4.05. The van der Waals surface area contributed by atoms with Crippen molar-refractivity contribution < 1.29 is 4.48 Å². The molecule has 2 rings (SSSR count). The van der Waals surface area contributed by atoms with Crippen LogP contribution in [0.15, 0.2) is 0 Å². The topological polar surface area (TPSA) is 12.0 Å². The molecule has 64 valence electrons. The number of rotatable bonds is 1. The van der Waals surface area contributed by atoms with E-state index in [9.17, 15) is 0 Å². The number of hydrogen-bond acceptors (Lipinski definition) is 1. The Morgan fingerprint density at radius 2 is 1.91 bits per heavy atom. The molecule has 2 saturated heterocycles. The Balaban J connectivity index is 2.00. The van der Waals surface area contributed by atoms with Crippen LogP contribution in [0.4, 0.5) is 0 Å². The molecule has 0 saturated carbocycles. The number of nitrogens with one attached hydrogen (secondary N) is 1. The van der Waals surface area contributed by atoms with Crippen LogP contribution in [0.3, 0.4) is 0 Å². The second-order valence-corrected chi connectivity index (χ2v) is 4.25. The SMILES string of the molecule is C[N+]1([C@H]2CCCN2)CCCC1. The molecule has 0 aliphatic carbocycles. The molecule has 2 nitrogen and oxygen atoms in total. The number of quaternary nitrogens is 1. The van der Waals surface area contributed by atoms with Crippen LogP contribution in [0, 0.1) is 0 Å². The molecule has 2 heteroatoms. The van der Waals surface area contributed by atoms with Gasteiger partial charge in [-0.05, 0) is 6.42 Å².